The number of anilines is 2. The molecule has 1 unspecified atom stereocenters. The molecule has 30 heavy (non-hydrogen) atoms. The SMILES string of the molecule is COc1ccc(C(=O)Nc2cccc(SC(C)C(=O)Nc3ccc(Cl)cn3)c2)cc1. The van der Waals surface area contributed by atoms with Crippen molar-refractivity contribution < 1.29 is 14.3 Å². The van der Waals surface area contributed by atoms with Gasteiger partial charge in [0.05, 0.1) is 17.4 Å². The Hall–Kier alpha value is -3.03. The van der Waals surface area contributed by atoms with Gasteiger partial charge in [-0.15, -0.1) is 11.8 Å². The third-order valence-electron chi connectivity index (χ3n) is 4.10. The van der Waals surface area contributed by atoms with E-state index in [9.17, 15) is 9.59 Å². The lowest BCUT2D eigenvalue weighted by atomic mass is 10.2. The molecule has 1 aromatic heterocycles. The minimum Gasteiger partial charge on any atom is -0.497 e. The Morgan fingerprint density at radius 3 is 2.50 bits per heavy atom. The minimum absolute atomic E-state index is 0.178. The molecule has 0 aliphatic rings. The van der Waals surface area contributed by atoms with E-state index in [4.69, 9.17) is 16.3 Å². The highest BCUT2D eigenvalue weighted by Crippen LogP contribution is 2.27. The first-order chi connectivity index (χ1) is 14.4. The quantitative estimate of drug-likeness (QED) is 0.497. The molecule has 3 aromatic rings. The van der Waals surface area contributed by atoms with Gasteiger partial charge < -0.3 is 15.4 Å². The molecular formula is C22H20ClN3O3S. The molecule has 3 rings (SSSR count). The fourth-order valence-corrected chi connectivity index (χ4v) is 3.57. The van der Waals surface area contributed by atoms with Crippen molar-refractivity contribution in [3.8, 4) is 5.75 Å². The van der Waals surface area contributed by atoms with Gasteiger partial charge in [0.25, 0.3) is 5.91 Å². The summed E-state index contributed by atoms with van der Waals surface area (Å²) in [6.07, 6.45) is 1.48. The summed E-state index contributed by atoms with van der Waals surface area (Å²) in [6.45, 7) is 1.80. The number of carbonyl (C=O) groups excluding carboxylic acids is 2. The second-order valence-electron chi connectivity index (χ2n) is 6.32. The lowest BCUT2D eigenvalue weighted by molar-refractivity contribution is -0.115. The zero-order valence-corrected chi connectivity index (χ0v) is 18.0. The number of nitrogens with zero attached hydrogens (tertiary/aromatic N) is 1. The van der Waals surface area contributed by atoms with Crippen molar-refractivity contribution >= 4 is 46.7 Å². The first kappa shape index (κ1) is 21.7. The number of thioether (sulfide) groups is 1. The van der Waals surface area contributed by atoms with Crippen molar-refractivity contribution in [1.82, 2.24) is 4.98 Å². The first-order valence-corrected chi connectivity index (χ1v) is 10.3. The van der Waals surface area contributed by atoms with Crippen molar-refractivity contribution in [2.75, 3.05) is 17.7 Å². The molecule has 2 aromatic carbocycles. The fraction of sp³-hybridized carbons (Fsp3) is 0.136. The second kappa shape index (κ2) is 10.1. The van der Waals surface area contributed by atoms with E-state index in [0.29, 0.717) is 27.8 Å². The van der Waals surface area contributed by atoms with Gasteiger partial charge in [-0.1, -0.05) is 17.7 Å². The lowest BCUT2D eigenvalue weighted by Crippen LogP contribution is -2.22. The summed E-state index contributed by atoms with van der Waals surface area (Å²) in [5.41, 5.74) is 1.17. The number of hydrogen-bond acceptors (Lipinski definition) is 5. The Balaban J connectivity index is 1.60. The molecule has 0 aliphatic heterocycles. The Kier molecular flexibility index (Phi) is 7.32. The summed E-state index contributed by atoms with van der Waals surface area (Å²) >= 11 is 7.19. The van der Waals surface area contributed by atoms with Crippen LogP contribution in [0.3, 0.4) is 0 Å². The monoisotopic (exact) mass is 441 g/mol. The molecule has 0 saturated carbocycles. The number of pyridine rings is 1. The van der Waals surface area contributed by atoms with Crippen LogP contribution in [-0.4, -0.2) is 29.2 Å². The van der Waals surface area contributed by atoms with Crippen LogP contribution < -0.4 is 15.4 Å². The highest BCUT2D eigenvalue weighted by atomic mass is 35.5. The van der Waals surface area contributed by atoms with Crippen molar-refractivity contribution in [1.29, 1.82) is 0 Å². The maximum Gasteiger partial charge on any atom is 0.255 e. The fourth-order valence-electron chi connectivity index (χ4n) is 2.53. The van der Waals surface area contributed by atoms with Gasteiger partial charge in [0.1, 0.15) is 11.6 Å². The molecule has 0 saturated heterocycles. The molecule has 1 atom stereocenters. The molecular weight excluding hydrogens is 422 g/mol. The van der Waals surface area contributed by atoms with Crippen molar-refractivity contribution in [2.45, 2.75) is 17.1 Å². The Labute approximate surface area is 184 Å². The predicted octanol–water partition coefficient (Wildman–Crippen LogP) is 5.12. The molecule has 0 spiro atoms. The largest absolute Gasteiger partial charge is 0.497 e. The van der Waals surface area contributed by atoms with E-state index in [1.165, 1.54) is 18.0 Å². The smallest absolute Gasteiger partial charge is 0.255 e. The Morgan fingerprint density at radius 1 is 1.07 bits per heavy atom. The molecule has 0 bridgehead atoms. The molecule has 1 heterocycles. The van der Waals surface area contributed by atoms with Gasteiger partial charge in [0.2, 0.25) is 5.91 Å². The highest BCUT2D eigenvalue weighted by molar-refractivity contribution is 8.00. The minimum atomic E-state index is -0.366. The number of halogens is 1. The number of methoxy groups -OCH3 is 1. The zero-order chi connectivity index (χ0) is 21.5. The second-order valence-corrected chi connectivity index (χ2v) is 8.17. The van der Waals surface area contributed by atoms with E-state index in [1.54, 1.807) is 56.5 Å². The predicted molar refractivity (Wildman–Crippen MR) is 121 cm³/mol. The molecule has 0 radical (unpaired) electrons. The van der Waals surface area contributed by atoms with Crippen LogP contribution in [0.4, 0.5) is 11.5 Å². The number of hydrogen-bond donors (Lipinski definition) is 2. The van der Waals surface area contributed by atoms with Crippen molar-refractivity contribution in [3.05, 3.63) is 77.4 Å². The Bertz CT molecular complexity index is 1030. The highest BCUT2D eigenvalue weighted by Gasteiger charge is 2.16. The summed E-state index contributed by atoms with van der Waals surface area (Å²) < 4.78 is 5.10. The average Bonchev–Trinajstić information content (AvgIpc) is 2.75. The zero-order valence-electron chi connectivity index (χ0n) is 16.4. The van der Waals surface area contributed by atoms with Crippen LogP contribution in [0.2, 0.25) is 5.02 Å². The third-order valence-corrected chi connectivity index (χ3v) is 5.42. The van der Waals surface area contributed by atoms with Gasteiger partial charge in [0.15, 0.2) is 0 Å². The van der Waals surface area contributed by atoms with Crippen LogP contribution in [0.25, 0.3) is 0 Å². The molecule has 2 N–H and O–H groups in total. The van der Waals surface area contributed by atoms with E-state index in [-0.39, 0.29) is 17.1 Å². The number of nitrogens with one attached hydrogen (secondary N) is 2. The van der Waals surface area contributed by atoms with E-state index >= 15 is 0 Å². The first-order valence-electron chi connectivity index (χ1n) is 9.09. The normalized spacial score (nSPS) is 11.4. The van der Waals surface area contributed by atoms with E-state index in [2.05, 4.69) is 15.6 Å². The molecule has 0 aliphatic carbocycles. The summed E-state index contributed by atoms with van der Waals surface area (Å²) in [5.74, 6) is 0.727. The van der Waals surface area contributed by atoms with Gasteiger partial charge in [-0.25, -0.2) is 4.98 Å². The number of ether oxygens (including phenoxy) is 1. The average molecular weight is 442 g/mol. The van der Waals surface area contributed by atoms with Gasteiger partial charge in [-0.05, 0) is 61.5 Å². The summed E-state index contributed by atoms with van der Waals surface area (Å²) in [5, 5.41) is 5.76. The number of benzene rings is 2. The van der Waals surface area contributed by atoms with Crippen molar-refractivity contribution in [3.63, 3.8) is 0 Å². The third kappa shape index (κ3) is 5.98. The number of aromatic nitrogens is 1. The summed E-state index contributed by atoms with van der Waals surface area (Å²) in [6, 6.07) is 17.5. The molecule has 154 valence electrons. The van der Waals surface area contributed by atoms with E-state index in [1.807, 2.05) is 18.2 Å². The van der Waals surface area contributed by atoms with Crippen molar-refractivity contribution in [2.24, 2.45) is 0 Å². The van der Waals surface area contributed by atoms with Crippen LogP contribution in [-0.2, 0) is 4.79 Å². The van der Waals surface area contributed by atoms with Gasteiger partial charge in [0, 0.05) is 22.3 Å². The Morgan fingerprint density at radius 2 is 1.83 bits per heavy atom. The topological polar surface area (TPSA) is 80.3 Å². The van der Waals surface area contributed by atoms with Crippen LogP contribution in [0, 0.1) is 0 Å². The summed E-state index contributed by atoms with van der Waals surface area (Å²) in [7, 11) is 1.57. The van der Waals surface area contributed by atoms with Crippen LogP contribution in [0.5, 0.6) is 5.75 Å². The molecule has 8 heteroatoms. The van der Waals surface area contributed by atoms with E-state index < -0.39 is 0 Å². The maximum absolute atomic E-state index is 12.4. The standard InChI is InChI=1S/C22H20ClN3O3S/c1-14(21(27)26-20-11-8-16(23)13-24-20)30-19-5-3-4-17(12-19)25-22(28)15-6-9-18(29-2)10-7-15/h3-14H,1-2H3,(H,25,28)(H,24,26,27). The van der Waals surface area contributed by atoms with E-state index in [0.717, 1.165) is 4.90 Å². The molecule has 0 fully saturated rings. The van der Waals surface area contributed by atoms with Gasteiger partial charge >= 0.3 is 0 Å². The maximum atomic E-state index is 12.4. The van der Waals surface area contributed by atoms with Crippen LogP contribution >= 0.6 is 23.4 Å². The number of rotatable bonds is 7. The molecule has 6 nitrogen and oxygen atoms in total. The summed E-state index contributed by atoms with van der Waals surface area (Å²) in [4.78, 5) is 29.8. The molecule has 2 amide bonds. The van der Waals surface area contributed by atoms with Gasteiger partial charge in [-0.2, -0.15) is 0 Å². The van der Waals surface area contributed by atoms with Gasteiger partial charge in [-0.3, -0.25) is 9.59 Å². The number of carbonyl (C=O) groups is 2. The van der Waals surface area contributed by atoms with Crippen LogP contribution in [0.15, 0.2) is 71.8 Å². The van der Waals surface area contributed by atoms with Crippen LogP contribution in [0.1, 0.15) is 17.3 Å². The number of amides is 2. The lowest BCUT2D eigenvalue weighted by Gasteiger charge is -2.13.